The van der Waals surface area contributed by atoms with Crippen molar-refractivity contribution in [2.75, 3.05) is 24.5 Å². The lowest BCUT2D eigenvalue weighted by Gasteiger charge is -2.40. The lowest BCUT2D eigenvalue weighted by molar-refractivity contribution is -0.126. The van der Waals surface area contributed by atoms with Crippen molar-refractivity contribution in [1.29, 1.82) is 0 Å². The lowest BCUT2D eigenvalue weighted by atomic mass is 9.85. The van der Waals surface area contributed by atoms with Gasteiger partial charge in [-0.2, -0.15) is 0 Å². The van der Waals surface area contributed by atoms with E-state index in [4.69, 9.17) is 0 Å². The zero-order chi connectivity index (χ0) is 24.3. The molecule has 3 heterocycles. The molecule has 2 unspecified atom stereocenters. The Bertz CT molecular complexity index is 1080. The number of aliphatic hydroxyl groups is 1. The molecule has 0 bridgehead atoms. The van der Waals surface area contributed by atoms with E-state index in [1.807, 2.05) is 4.90 Å². The topological polar surface area (TPSA) is 124 Å². The molecule has 0 aliphatic carbocycles. The maximum Gasteiger partial charge on any atom is 0.322 e. The number of carbonyl (C=O) groups is 3. The summed E-state index contributed by atoms with van der Waals surface area (Å²) in [4.78, 5) is 42.8. The molecule has 9 nitrogen and oxygen atoms in total. The summed E-state index contributed by atoms with van der Waals surface area (Å²) in [5.41, 5.74) is -2.34. The van der Waals surface area contributed by atoms with Crippen LogP contribution in [-0.4, -0.2) is 53.2 Å². The van der Waals surface area contributed by atoms with Crippen molar-refractivity contribution in [2.24, 2.45) is 0 Å². The number of rotatable bonds is 7. The molecule has 180 valence electrons. The van der Waals surface area contributed by atoms with Gasteiger partial charge in [0.15, 0.2) is 0 Å². The number of amides is 4. The highest BCUT2D eigenvalue weighted by Gasteiger charge is 2.47. The third kappa shape index (κ3) is 4.98. The number of carbonyl (C=O) groups excluding carboxylic acids is 3. The highest BCUT2D eigenvalue weighted by molar-refractivity contribution is 6.07. The van der Waals surface area contributed by atoms with Crippen molar-refractivity contribution in [3.63, 3.8) is 0 Å². The minimum atomic E-state index is -1.49. The second-order valence-electron chi connectivity index (χ2n) is 8.68. The largest absolute Gasteiger partial charge is 0.386 e. The predicted octanol–water partition coefficient (Wildman–Crippen LogP) is 1.32. The fraction of sp³-hybridized carbons (Fsp3) is 0.391. The van der Waals surface area contributed by atoms with Gasteiger partial charge in [0.05, 0.1) is 11.8 Å². The van der Waals surface area contributed by atoms with Crippen LogP contribution in [0, 0.1) is 11.6 Å². The second-order valence-corrected chi connectivity index (χ2v) is 8.68. The fourth-order valence-corrected chi connectivity index (χ4v) is 4.41. The zero-order valence-corrected chi connectivity index (χ0v) is 18.3. The number of hydrogen-bond donors (Lipinski definition) is 4. The lowest BCUT2D eigenvalue weighted by Crippen LogP contribution is -2.54. The molecule has 1 aromatic heterocycles. The fourth-order valence-electron chi connectivity index (χ4n) is 4.41. The average Bonchev–Trinajstić information content (AvgIpc) is 3.11. The Hall–Kier alpha value is -3.60. The SMILES string of the molecule is O=C(CCC1(c2ccc(F)cc2)NC(=O)NC1=O)NCC1(O)CCCN(c2ccc(F)cn2)C1. The van der Waals surface area contributed by atoms with Crippen molar-refractivity contribution in [2.45, 2.75) is 36.8 Å². The standard InChI is InChI=1S/C23H25F2N5O4/c24-16-4-2-15(3-5-16)23(20(32)28-21(33)29-23)10-8-19(31)27-13-22(34)9-1-11-30(14-22)18-7-6-17(25)12-26-18/h2-7,12,34H,1,8-11,13-14H2,(H,27,31)(H2,28,29,32,33). The number of benzene rings is 1. The van der Waals surface area contributed by atoms with E-state index in [1.165, 1.54) is 36.4 Å². The average molecular weight is 473 g/mol. The first-order chi connectivity index (χ1) is 16.2. The van der Waals surface area contributed by atoms with Gasteiger partial charge in [-0.25, -0.2) is 18.6 Å². The molecular weight excluding hydrogens is 448 g/mol. The molecule has 2 fully saturated rings. The Morgan fingerprint density at radius 3 is 2.53 bits per heavy atom. The van der Waals surface area contributed by atoms with E-state index in [9.17, 15) is 28.3 Å². The van der Waals surface area contributed by atoms with Crippen molar-refractivity contribution >= 4 is 23.7 Å². The van der Waals surface area contributed by atoms with Gasteiger partial charge in [-0.3, -0.25) is 14.9 Å². The first-order valence-corrected chi connectivity index (χ1v) is 10.9. The van der Waals surface area contributed by atoms with Crippen LogP contribution in [0.25, 0.3) is 0 Å². The number of β-amino-alcohol motifs (C(OH)–C–C–N with tert-alkyl or cyclic N) is 1. The van der Waals surface area contributed by atoms with E-state index in [-0.39, 0.29) is 25.9 Å². The Balaban J connectivity index is 1.37. The van der Waals surface area contributed by atoms with Gasteiger partial charge in [-0.05, 0) is 49.1 Å². The van der Waals surface area contributed by atoms with E-state index >= 15 is 0 Å². The predicted molar refractivity (Wildman–Crippen MR) is 118 cm³/mol. The van der Waals surface area contributed by atoms with Crippen molar-refractivity contribution in [1.82, 2.24) is 20.9 Å². The van der Waals surface area contributed by atoms with Gasteiger partial charge in [0, 0.05) is 26.1 Å². The van der Waals surface area contributed by atoms with Crippen molar-refractivity contribution in [3.05, 3.63) is 59.8 Å². The van der Waals surface area contributed by atoms with Crippen LogP contribution in [0.3, 0.4) is 0 Å². The van der Waals surface area contributed by atoms with Gasteiger partial charge < -0.3 is 20.6 Å². The Kier molecular flexibility index (Phi) is 6.47. The summed E-state index contributed by atoms with van der Waals surface area (Å²) < 4.78 is 26.5. The molecule has 4 rings (SSSR count). The molecule has 34 heavy (non-hydrogen) atoms. The Labute approximate surface area is 194 Å². The number of anilines is 1. The van der Waals surface area contributed by atoms with E-state index in [0.29, 0.717) is 30.8 Å². The molecule has 4 amide bonds. The highest BCUT2D eigenvalue weighted by Crippen LogP contribution is 2.30. The van der Waals surface area contributed by atoms with Crippen LogP contribution in [0.15, 0.2) is 42.6 Å². The van der Waals surface area contributed by atoms with Crippen LogP contribution >= 0.6 is 0 Å². The van der Waals surface area contributed by atoms with Crippen molar-refractivity contribution < 1.29 is 28.3 Å². The number of imide groups is 1. The van der Waals surface area contributed by atoms with E-state index < -0.39 is 40.6 Å². The number of piperidine rings is 1. The number of pyridine rings is 1. The van der Waals surface area contributed by atoms with Crippen LogP contribution in [0.2, 0.25) is 0 Å². The summed E-state index contributed by atoms with van der Waals surface area (Å²) in [6.45, 7) is 0.833. The van der Waals surface area contributed by atoms with Gasteiger partial charge in [-0.1, -0.05) is 12.1 Å². The normalized spacial score (nSPS) is 24.5. The molecule has 2 aliphatic heterocycles. The number of nitrogens with one attached hydrogen (secondary N) is 3. The number of hydrogen-bond acceptors (Lipinski definition) is 6. The first-order valence-electron chi connectivity index (χ1n) is 10.9. The van der Waals surface area contributed by atoms with Gasteiger partial charge >= 0.3 is 6.03 Å². The summed E-state index contributed by atoms with van der Waals surface area (Å²) in [7, 11) is 0. The smallest absolute Gasteiger partial charge is 0.322 e. The van der Waals surface area contributed by atoms with Gasteiger partial charge in [0.25, 0.3) is 5.91 Å². The van der Waals surface area contributed by atoms with Crippen LogP contribution in [-0.2, 0) is 15.1 Å². The van der Waals surface area contributed by atoms with Crippen LogP contribution in [0.4, 0.5) is 19.4 Å². The van der Waals surface area contributed by atoms with Crippen LogP contribution in [0.5, 0.6) is 0 Å². The maximum atomic E-state index is 13.4. The highest BCUT2D eigenvalue weighted by atomic mass is 19.1. The molecular formula is C23H25F2N5O4. The van der Waals surface area contributed by atoms with Gasteiger partial charge in [-0.15, -0.1) is 0 Å². The maximum absolute atomic E-state index is 13.4. The minimum absolute atomic E-state index is 0.0222. The first kappa shape index (κ1) is 23.6. The molecule has 1 aromatic carbocycles. The summed E-state index contributed by atoms with van der Waals surface area (Å²) in [5.74, 6) is -1.44. The number of nitrogens with zero attached hydrogens (tertiary/aromatic N) is 2. The summed E-state index contributed by atoms with van der Waals surface area (Å²) in [5, 5.41) is 18.4. The Morgan fingerprint density at radius 1 is 1.15 bits per heavy atom. The number of urea groups is 1. The van der Waals surface area contributed by atoms with Gasteiger partial charge in [0.2, 0.25) is 5.91 Å². The molecule has 2 saturated heterocycles. The molecule has 2 aromatic rings. The Morgan fingerprint density at radius 2 is 1.88 bits per heavy atom. The minimum Gasteiger partial charge on any atom is -0.386 e. The number of halogens is 2. The molecule has 2 atom stereocenters. The van der Waals surface area contributed by atoms with Crippen LogP contribution in [0.1, 0.15) is 31.2 Å². The third-order valence-corrected chi connectivity index (χ3v) is 6.21. The van der Waals surface area contributed by atoms with E-state index in [0.717, 1.165) is 6.20 Å². The molecule has 2 aliphatic rings. The second kappa shape index (κ2) is 9.34. The molecule has 11 heteroatoms. The third-order valence-electron chi connectivity index (χ3n) is 6.21. The van der Waals surface area contributed by atoms with E-state index in [2.05, 4.69) is 20.9 Å². The summed E-state index contributed by atoms with van der Waals surface area (Å²) >= 11 is 0. The van der Waals surface area contributed by atoms with Crippen molar-refractivity contribution in [3.8, 4) is 0 Å². The molecule has 0 saturated carbocycles. The van der Waals surface area contributed by atoms with Gasteiger partial charge in [0.1, 0.15) is 23.0 Å². The summed E-state index contributed by atoms with van der Waals surface area (Å²) in [6.07, 6.45) is 2.06. The molecule has 0 spiro atoms. The zero-order valence-electron chi connectivity index (χ0n) is 18.3. The monoisotopic (exact) mass is 473 g/mol. The molecule has 4 N–H and O–H groups in total. The number of aromatic nitrogens is 1. The van der Waals surface area contributed by atoms with Crippen LogP contribution < -0.4 is 20.9 Å². The summed E-state index contributed by atoms with van der Waals surface area (Å²) in [6, 6.07) is 7.27. The quantitative estimate of drug-likeness (QED) is 0.450. The van der Waals surface area contributed by atoms with E-state index in [1.54, 1.807) is 0 Å². The molecule has 0 radical (unpaired) electrons.